The van der Waals surface area contributed by atoms with Crippen molar-refractivity contribution in [3.05, 3.63) is 0 Å². The second-order valence-electron chi connectivity index (χ2n) is 4.77. The number of nitrogens with one attached hydrogen (secondary N) is 2. The van der Waals surface area contributed by atoms with Gasteiger partial charge in [0.1, 0.15) is 0 Å². The number of amides is 1. The van der Waals surface area contributed by atoms with Crippen molar-refractivity contribution in [3.63, 3.8) is 0 Å². The molecule has 1 aliphatic carbocycles. The van der Waals surface area contributed by atoms with Gasteiger partial charge in [-0.05, 0) is 26.2 Å². The number of halogens is 1. The van der Waals surface area contributed by atoms with E-state index < -0.39 is 15.6 Å². The van der Waals surface area contributed by atoms with E-state index in [2.05, 4.69) is 10.0 Å². The maximum atomic E-state index is 11.8. The largest absolute Gasteiger partial charge is 0.354 e. The first kappa shape index (κ1) is 18.6. The van der Waals surface area contributed by atoms with Crippen molar-refractivity contribution >= 4 is 28.3 Å². The van der Waals surface area contributed by atoms with Gasteiger partial charge < -0.3 is 11.1 Å². The summed E-state index contributed by atoms with van der Waals surface area (Å²) in [6, 6.07) is 0. The third-order valence-electron chi connectivity index (χ3n) is 3.29. The fourth-order valence-corrected chi connectivity index (χ4v) is 2.69. The molecular formula is C11H24ClN3O3S. The van der Waals surface area contributed by atoms with Crippen LogP contribution in [0.4, 0.5) is 0 Å². The van der Waals surface area contributed by atoms with E-state index in [4.69, 9.17) is 5.73 Å². The SMILES string of the molecule is CCS(=O)(=O)NCCCNC(=O)C1(N)CCCC1.Cl. The molecule has 1 rings (SSSR count). The van der Waals surface area contributed by atoms with Gasteiger partial charge in [-0.3, -0.25) is 4.79 Å². The lowest BCUT2D eigenvalue weighted by atomic mass is 9.98. The number of rotatable bonds is 7. The van der Waals surface area contributed by atoms with Gasteiger partial charge in [0.2, 0.25) is 15.9 Å². The molecule has 0 atom stereocenters. The van der Waals surface area contributed by atoms with Crippen molar-refractivity contribution in [2.45, 2.75) is 44.6 Å². The first-order valence-corrected chi connectivity index (χ1v) is 8.09. The van der Waals surface area contributed by atoms with Crippen molar-refractivity contribution < 1.29 is 13.2 Å². The Labute approximate surface area is 121 Å². The molecule has 0 aromatic heterocycles. The first-order valence-electron chi connectivity index (χ1n) is 6.44. The molecule has 0 saturated heterocycles. The Kier molecular flexibility index (Phi) is 7.88. The van der Waals surface area contributed by atoms with Crippen LogP contribution in [0, 0.1) is 0 Å². The maximum absolute atomic E-state index is 11.8. The van der Waals surface area contributed by atoms with E-state index in [9.17, 15) is 13.2 Å². The van der Waals surface area contributed by atoms with Crippen molar-refractivity contribution in [3.8, 4) is 0 Å². The lowest BCUT2D eigenvalue weighted by molar-refractivity contribution is -0.126. The Morgan fingerprint density at radius 2 is 1.84 bits per heavy atom. The fraction of sp³-hybridized carbons (Fsp3) is 0.909. The van der Waals surface area contributed by atoms with Crippen LogP contribution in [0.1, 0.15) is 39.0 Å². The molecule has 1 fully saturated rings. The molecule has 114 valence electrons. The normalized spacial score (nSPS) is 17.8. The molecule has 0 unspecified atom stereocenters. The summed E-state index contributed by atoms with van der Waals surface area (Å²) in [5.41, 5.74) is 5.28. The second-order valence-corrected chi connectivity index (χ2v) is 6.87. The van der Waals surface area contributed by atoms with Gasteiger partial charge in [0.15, 0.2) is 0 Å². The number of carbonyl (C=O) groups excluding carboxylic acids is 1. The molecule has 1 aliphatic rings. The summed E-state index contributed by atoms with van der Waals surface area (Å²) in [5, 5.41) is 2.77. The van der Waals surface area contributed by atoms with E-state index in [1.807, 2.05) is 0 Å². The van der Waals surface area contributed by atoms with Gasteiger partial charge in [-0.2, -0.15) is 0 Å². The molecule has 0 heterocycles. The van der Waals surface area contributed by atoms with Crippen molar-refractivity contribution in [2.24, 2.45) is 5.73 Å². The summed E-state index contributed by atoms with van der Waals surface area (Å²) >= 11 is 0. The highest BCUT2D eigenvalue weighted by atomic mass is 35.5. The highest BCUT2D eigenvalue weighted by Gasteiger charge is 2.36. The lowest BCUT2D eigenvalue weighted by Crippen LogP contribution is -2.52. The molecule has 1 amide bonds. The predicted molar refractivity (Wildman–Crippen MR) is 77.7 cm³/mol. The maximum Gasteiger partial charge on any atom is 0.240 e. The Morgan fingerprint density at radius 1 is 1.26 bits per heavy atom. The summed E-state index contributed by atoms with van der Waals surface area (Å²) in [6.45, 7) is 2.38. The quantitative estimate of drug-likeness (QED) is 0.581. The molecule has 1 saturated carbocycles. The van der Waals surface area contributed by atoms with Crippen LogP contribution in [0.2, 0.25) is 0 Å². The van der Waals surface area contributed by atoms with Gasteiger partial charge in [-0.1, -0.05) is 12.8 Å². The van der Waals surface area contributed by atoms with Gasteiger partial charge in [0.05, 0.1) is 11.3 Å². The van der Waals surface area contributed by atoms with Gasteiger partial charge in [0.25, 0.3) is 0 Å². The highest BCUT2D eigenvalue weighted by Crippen LogP contribution is 2.27. The van der Waals surface area contributed by atoms with Gasteiger partial charge in [0, 0.05) is 13.1 Å². The zero-order valence-electron chi connectivity index (χ0n) is 11.3. The monoisotopic (exact) mass is 313 g/mol. The molecule has 0 aromatic carbocycles. The van der Waals surface area contributed by atoms with Crippen molar-refractivity contribution in [2.75, 3.05) is 18.8 Å². The van der Waals surface area contributed by atoms with Gasteiger partial charge in [-0.15, -0.1) is 12.4 Å². The van der Waals surface area contributed by atoms with Crippen LogP contribution in [0.25, 0.3) is 0 Å². The minimum atomic E-state index is -3.14. The minimum Gasteiger partial charge on any atom is -0.354 e. The van der Waals surface area contributed by atoms with Gasteiger partial charge in [-0.25, -0.2) is 13.1 Å². The van der Waals surface area contributed by atoms with Crippen LogP contribution in [0.5, 0.6) is 0 Å². The molecule has 0 aliphatic heterocycles. The Hall–Kier alpha value is -0.370. The van der Waals surface area contributed by atoms with Crippen molar-refractivity contribution in [1.82, 2.24) is 10.0 Å². The summed E-state index contributed by atoms with van der Waals surface area (Å²) in [6.07, 6.45) is 4.05. The summed E-state index contributed by atoms with van der Waals surface area (Å²) in [5.74, 6) is -0.0380. The number of nitrogens with two attached hydrogens (primary N) is 1. The molecule has 6 nitrogen and oxygen atoms in total. The van der Waals surface area contributed by atoms with Crippen LogP contribution >= 0.6 is 12.4 Å². The number of carbonyl (C=O) groups is 1. The summed E-state index contributed by atoms with van der Waals surface area (Å²) in [4.78, 5) is 11.8. The van der Waals surface area contributed by atoms with Crippen LogP contribution in [-0.2, 0) is 14.8 Å². The van der Waals surface area contributed by atoms with Crippen LogP contribution in [0.15, 0.2) is 0 Å². The molecular weight excluding hydrogens is 290 g/mol. The van der Waals surface area contributed by atoms with E-state index >= 15 is 0 Å². The minimum absolute atomic E-state index is 0. The van der Waals surface area contributed by atoms with E-state index in [1.165, 1.54) is 0 Å². The third-order valence-corrected chi connectivity index (χ3v) is 4.69. The Balaban J connectivity index is 0.00000324. The van der Waals surface area contributed by atoms with Gasteiger partial charge >= 0.3 is 0 Å². The third kappa shape index (κ3) is 6.07. The highest BCUT2D eigenvalue weighted by molar-refractivity contribution is 7.89. The van der Waals surface area contributed by atoms with E-state index in [1.54, 1.807) is 6.92 Å². The molecule has 19 heavy (non-hydrogen) atoms. The molecule has 0 radical (unpaired) electrons. The second kappa shape index (κ2) is 8.04. The fourth-order valence-electron chi connectivity index (χ4n) is 2.03. The molecule has 8 heteroatoms. The topological polar surface area (TPSA) is 101 Å². The zero-order valence-corrected chi connectivity index (χ0v) is 12.9. The van der Waals surface area contributed by atoms with E-state index in [0.29, 0.717) is 19.5 Å². The Morgan fingerprint density at radius 3 is 2.37 bits per heavy atom. The van der Waals surface area contributed by atoms with Crippen LogP contribution in [0.3, 0.4) is 0 Å². The average molecular weight is 314 g/mol. The molecule has 4 N–H and O–H groups in total. The van der Waals surface area contributed by atoms with E-state index in [0.717, 1.165) is 25.7 Å². The van der Waals surface area contributed by atoms with Crippen LogP contribution in [-0.4, -0.2) is 38.7 Å². The smallest absolute Gasteiger partial charge is 0.240 e. The van der Waals surface area contributed by atoms with Crippen LogP contribution < -0.4 is 15.8 Å². The summed E-state index contributed by atoms with van der Waals surface area (Å²) < 4.78 is 24.7. The van der Waals surface area contributed by atoms with Crippen molar-refractivity contribution in [1.29, 1.82) is 0 Å². The number of hydrogen-bond acceptors (Lipinski definition) is 4. The first-order chi connectivity index (χ1) is 8.40. The predicted octanol–water partition coefficient (Wildman–Crippen LogP) is 0.125. The Bertz CT molecular complexity index is 381. The molecule has 0 aromatic rings. The number of sulfonamides is 1. The molecule has 0 spiro atoms. The lowest BCUT2D eigenvalue weighted by Gasteiger charge is -2.22. The zero-order chi connectivity index (χ0) is 13.6. The molecule has 0 bridgehead atoms. The average Bonchev–Trinajstić information content (AvgIpc) is 2.77. The standard InChI is InChI=1S/C11H23N3O3S.ClH/c1-2-18(16,17)14-9-5-8-13-10(15)11(12)6-3-4-7-11;/h14H,2-9,12H2,1H3,(H,13,15);1H. The number of hydrogen-bond donors (Lipinski definition) is 3. The van der Waals surface area contributed by atoms with E-state index in [-0.39, 0.29) is 24.1 Å². The summed E-state index contributed by atoms with van der Waals surface area (Å²) in [7, 11) is -3.14.